The van der Waals surface area contributed by atoms with Gasteiger partial charge in [-0.25, -0.2) is 4.39 Å². The largest absolute Gasteiger partial charge is 0.486 e. The van der Waals surface area contributed by atoms with Crippen LogP contribution in [0.3, 0.4) is 0 Å². The lowest BCUT2D eigenvalue weighted by Crippen LogP contribution is -1.99. The van der Waals surface area contributed by atoms with Gasteiger partial charge in [0.2, 0.25) is 0 Å². The SMILES string of the molecule is CSc1cc(C=O)cc(OCc2ccccc2)c1F. The lowest BCUT2D eigenvalue weighted by Gasteiger charge is -2.10. The molecule has 0 bridgehead atoms. The van der Waals surface area contributed by atoms with Crippen LogP contribution in [-0.4, -0.2) is 12.5 Å². The third-order valence-electron chi connectivity index (χ3n) is 2.62. The minimum absolute atomic E-state index is 0.109. The van der Waals surface area contributed by atoms with E-state index in [0.717, 1.165) is 5.56 Å². The zero-order valence-corrected chi connectivity index (χ0v) is 11.2. The monoisotopic (exact) mass is 276 g/mol. The molecule has 2 nitrogen and oxygen atoms in total. The normalized spacial score (nSPS) is 10.2. The van der Waals surface area contributed by atoms with Crippen LogP contribution in [0.5, 0.6) is 5.75 Å². The van der Waals surface area contributed by atoms with Gasteiger partial charge >= 0.3 is 0 Å². The van der Waals surface area contributed by atoms with Crippen molar-refractivity contribution in [3.05, 3.63) is 59.4 Å². The van der Waals surface area contributed by atoms with E-state index in [-0.39, 0.29) is 12.4 Å². The number of carbonyl (C=O) groups is 1. The van der Waals surface area contributed by atoms with E-state index in [1.165, 1.54) is 23.9 Å². The summed E-state index contributed by atoms with van der Waals surface area (Å²) in [6.07, 6.45) is 2.45. The Kier molecular flexibility index (Phi) is 4.58. The summed E-state index contributed by atoms with van der Waals surface area (Å²) in [5.41, 5.74) is 1.36. The Labute approximate surface area is 115 Å². The van der Waals surface area contributed by atoms with E-state index < -0.39 is 5.82 Å². The third-order valence-corrected chi connectivity index (χ3v) is 3.36. The van der Waals surface area contributed by atoms with Crippen LogP contribution in [0.25, 0.3) is 0 Å². The van der Waals surface area contributed by atoms with Crippen molar-refractivity contribution in [2.45, 2.75) is 11.5 Å². The summed E-state index contributed by atoms with van der Waals surface area (Å²) in [7, 11) is 0. The van der Waals surface area contributed by atoms with Gasteiger partial charge in [-0.1, -0.05) is 30.3 Å². The molecule has 0 aliphatic heterocycles. The van der Waals surface area contributed by atoms with Gasteiger partial charge in [0, 0.05) is 10.5 Å². The summed E-state index contributed by atoms with van der Waals surface area (Å²) >= 11 is 1.25. The summed E-state index contributed by atoms with van der Waals surface area (Å²) in [5.74, 6) is -0.313. The molecule has 4 heteroatoms. The molecule has 0 N–H and O–H groups in total. The molecule has 2 rings (SSSR count). The summed E-state index contributed by atoms with van der Waals surface area (Å²) in [5, 5.41) is 0. The first-order valence-electron chi connectivity index (χ1n) is 5.74. The number of hydrogen-bond acceptors (Lipinski definition) is 3. The van der Waals surface area contributed by atoms with Crippen LogP contribution in [0.1, 0.15) is 15.9 Å². The average Bonchev–Trinajstić information content (AvgIpc) is 2.47. The maximum Gasteiger partial charge on any atom is 0.178 e. The smallest absolute Gasteiger partial charge is 0.178 e. The van der Waals surface area contributed by atoms with Gasteiger partial charge < -0.3 is 4.74 Å². The second-order valence-electron chi connectivity index (χ2n) is 3.93. The average molecular weight is 276 g/mol. The van der Waals surface area contributed by atoms with Gasteiger partial charge in [-0.05, 0) is 24.0 Å². The molecule has 19 heavy (non-hydrogen) atoms. The molecule has 0 amide bonds. The lowest BCUT2D eigenvalue weighted by atomic mass is 10.2. The highest BCUT2D eigenvalue weighted by atomic mass is 32.2. The maximum absolute atomic E-state index is 14.0. The van der Waals surface area contributed by atoms with Crippen molar-refractivity contribution >= 4 is 18.0 Å². The van der Waals surface area contributed by atoms with E-state index in [1.54, 1.807) is 6.26 Å². The highest BCUT2D eigenvalue weighted by Gasteiger charge is 2.11. The highest BCUT2D eigenvalue weighted by molar-refractivity contribution is 7.98. The Morgan fingerprint density at radius 1 is 1.26 bits per heavy atom. The van der Waals surface area contributed by atoms with Crippen LogP contribution in [0.4, 0.5) is 4.39 Å². The van der Waals surface area contributed by atoms with Gasteiger partial charge in [0.1, 0.15) is 12.9 Å². The molecule has 0 spiro atoms. The van der Waals surface area contributed by atoms with Crippen LogP contribution >= 0.6 is 11.8 Å². The van der Waals surface area contributed by atoms with Gasteiger partial charge in [0.15, 0.2) is 11.6 Å². The van der Waals surface area contributed by atoms with Gasteiger partial charge in [0.25, 0.3) is 0 Å². The Morgan fingerprint density at radius 3 is 2.63 bits per heavy atom. The van der Waals surface area contributed by atoms with Gasteiger partial charge in [0.05, 0.1) is 0 Å². The summed E-state index contributed by atoms with van der Waals surface area (Å²) < 4.78 is 19.5. The van der Waals surface area contributed by atoms with Crippen molar-refractivity contribution < 1.29 is 13.9 Å². The molecule has 0 radical (unpaired) electrons. The number of halogens is 1. The molecule has 0 atom stereocenters. The van der Waals surface area contributed by atoms with Gasteiger partial charge in [-0.2, -0.15) is 0 Å². The quantitative estimate of drug-likeness (QED) is 0.611. The number of ether oxygens (including phenoxy) is 1. The van der Waals surface area contributed by atoms with Crippen LogP contribution < -0.4 is 4.74 Å². The standard InChI is InChI=1S/C15H13FO2S/c1-19-14-8-12(9-17)7-13(15(14)16)18-10-11-5-3-2-4-6-11/h2-9H,10H2,1H3. The maximum atomic E-state index is 14.0. The molecule has 2 aromatic rings. The van der Waals surface area contributed by atoms with Crippen LogP contribution in [-0.2, 0) is 6.61 Å². The molecule has 2 aromatic carbocycles. The van der Waals surface area contributed by atoms with Crippen LogP contribution in [0.15, 0.2) is 47.4 Å². The molecule has 0 aliphatic carbocycles. The lowest BCUT2D eigenvalue weighted by molar-refractivity contribution is 0.112. The zero-order chi connectivity index (χ0) is 13.7. The van der Waals surface area contributed by atoms with Gasteiger partial charge in [-0.3, -0.25) is 4.79 Å². The topological polar surface area (TPSA) is 26.3 Å². The van der Waals surface area contributed by atoms with E-state index in [0.29, 0.717) is 16.7 Å². The Hall–Kier alpha value is -1.81. The molecule has 0 heterocycles. The fraction of sp³-hybridized carbons (Fsp3) is 0.133. The highest BCUT2D eigenvalue weighted by Crippen LogP contribution is 2.29. The molecular formula is C15H13FO2S. The summed E-state index contributed by atoms with van der Waals surface area (Å²) in [6.45, 7) is 0.272. The molecule has 0 aliphatic rings. The van der Waals surface area contributed by atoms with Gasteiger partial charge in [-0.15, -0.1) is 11.8 Å². The molecule has 0 unspecified atom stereocenters. The number of carbonyl (C=O) groups excluding carboxylic acids is 1. The number of hydrogen-bond donors (Lipinski definition) is 0. The second kappa shape index (κ2) is 6.38. The molecule has 98 valence electrons. The summed E-state index contributed by atoms with van der Waals surface area (Å²) in [6, 6.07) is 12.4. The molecular weight excluding hydrogens is 263 g/mol. The number of rotatable bonds is 5. The Balaban J connectivity index is 2.22. The van der Waals surface area contributed by atoms with Crippen LogP contribution in [0.2, 0.25) is 0 Å². The minimum Gasteiger partial charge on any atom is -0.486 e. The fourth-order valence-electron chi connectivity index (χ4n) is 1.65. The van der Waals surface area contributed by atoms with Crippen molar-refractivity contribution in [2.75, 3.05) is 6.26 Å². The minimum atomic E-state index is -0.422. The van der Waals surface area contributed by atoms with Crippen molar-refractivity contribution in [3.63, 3.8) is 0 Å². The van der Waals surface area contributed by atoms with Crippen LogP contribution in [0, 0.1) is 5.82 Å². The molecule has 0 saturated heterocycles. The zero-order valence-electron chi connectivity index (χ0n) is 10.4. The van der Waals surface area contributed by atoms with Crippen molar-refractivity contribution in [1.82, 2.24) is 0 Å². The fourth-order valence-corrected chi connectivity index (χ4v) is 2.18. The Morgan fingerprint density at radius 2 is 2.00 bits per heavy atom. The van der Waals surface area contributed by atoms with E-state index >= 15 is 0 Å². The molecule has 0 saturated carbocycles. The predicted octanol–water partition coefficient (Wildman–Crippen LogP) is 3.94. The van der Waals surface area contributed by atoms with E-state index in [4.69, 9.17) is 4.74 Å². The summed E-state index contributed by atoms with van der Waals surface area (Å²) in [4.78, 5) is 11.2. The van der Waals surface area contributed by atoms with Crippen molar-refractivity contribution in [3.8, 4) is 5.75 Å². The van der Waals surface area contributed by atoms with E-state index in [2.05, 4.69) is 0 Å². The number of benzene rings is 2. The first-order chi connectivity index (χ1) is 9.24. The van der Waals surface area contributed by atoms with Crippen molar-refractivity contribution in [2.24, 2.45) is 0 Å². The predicted molar refractivity (Wildman–Crippen MR) is 74.3 cm³/mol. The molecule has 0 aromatic heterocycles. The van der Waals surface area contributed by atoms with Crippen molar-refractivity contribution in [1.29, 1.82) is 0 Å². The third kappa shape index (κ3) is 3.35. The first kappa shape index (κ1) is 13.6. The number of aldehydes is 1. The Bertz CT molecular complexity index is 570. The second-order valence-corrected chi connectivity index (χ2v) is 4.78. The van der Waals surface area contributed by atoms with E-state index in [1.807, 2.05) is 30.3 Å². The van der Waals surface area contributed by atoms with E-state index in [9.17, 15) is 9.18 Å². The number of thioether (sulfide) groups is 1. The molecule has 0 fully saturated rings. The first-order valence-corrected chi connectivity index (χ1v) is 6.96.